The van der Waals surface area contributed by atoms with Gasteiger partial charge in [0.1, 0.15) is 17.2 Å². The van der Waals surface area contributed by atoms with Gasteiger partial charge in [0.15, 0.2) is 0 Å². The Morgan fingerprint density at radius 3 is 2.06 bits per heavy atom. The number of benzene rings is 3. The van der Waals surface area contributed by atoms with Crippen molar-refractivity contribution >= 4 is 17.8 Å². The third-order valence-corrected chi connectivity index (χ3v) is 5.28. The van der Waals surface area contributed by atoms with E-state index in [1.54, 1.807) is 31.2 Å². The Hall–Kier alpha value is -4.17. The zero-order valence-electron chi connectivity index (χ0n) is 18.6. The molecule has 0 bridgehead atoms. The van der Waals surface area contributed by atoms with Gasteiger partial charge >= 0.3 is 6.03 Å². The van der Waals surface area contributed by atoms with Crippen LogP contribution in [0.2, 0.25) is 0 Å². The molecule has 1 aliphatic rings. The van der Waals surface area contributed by atoms with Gasteiger partial charge in [0, 0.05) is 13.0 Å². The first-order valence-electron chi connectivity index (χ1n) is 10.9. The molecule has 1 fully saturated rings. The van der Waals surface area contributed by atoms with E-state index < -0.39 is 23.4 Å². The molecule has 0 saturated carbocycles. The smallest absolute Gasteiger partial charge is 0.328 e. The molecule has 8 heteroatoms. The fraction of sp³-hybridized carbons (Fsp3) is 0.192. The summed E-state index contributed by atoms with van der Waals surface area (Å²) in [6, 6.07) is 23.3. The van der Waals surface area contributed by atoms with Gasteiger partial charge in [-0.05, 0) is 54.4 Å². The van der Waals surface area contributed by atoms with Crippen molar-refractivity contribution < 1.29 is 28.6 Å². The van der Waals surface area contributed by atoms with Gasteiger partial charge in [-0.2, -0.15) is 0 Å². The summed E-state index contributed by atoms with van der Waals surface area (Å²) in [6.45, 7) is 2.31. The summed E-state index contributed by atoms with van der Waals surface area (Å²) < 4.78 is 17.1. The molecule has 174 valence electrons. The second kappa shape index (κ2) is 10.2. The Labute approximate surface area is 196 Å². The molecule has 2 N–H and O–H groups in total. The first-order valence-corrected chi connectivity index (χ1v) is 10.9. The summed E-state index contributed by atoms with van der Waals surface area (Å²) in [4.78, 5) is 36.7. The maximum absolute atomic E-state index is 12.6. The van der Waals surface area contributed by atoms with Crippen molar-refractivity contribution in [2.75, 3.05) is 13.2 Å². The molecule has 0 unspecified atom stereocenters. The minimum Gasteiger partial charge on any atom is -0.467 e. The van der Waals surface area contributed by atoms with Crippen LogP contribution < -0.4 is 20.1 Å². The normalized spacial score (nSPS) is 14.8. The van der Waals surface area contributed by atoms with E-state index in [0.29, 0.717) is 18.1 Å². The maximum atomic E-state index is 12.6. The topological polar surface area (TPSA) is 103 Å². The van der Waals surface area contributed by atoms with Gasteiger partial charge in [0.25, 0.3) is 17.4 Å². The van der Waals surface area contributed by atoms with Crippen LogP contribution in [0.1, 0.15) is 13.3 Å². The summed E-state index contributed by atoms with van der Waals surface area (Å²) in [7, 11) is 0. The average molecular weight is 460 g/mol. The molecule has 0 spiro atoms. The Bertz CT molecular complexity index is 1160. The maximum Gasteiger partial charge on any atom is 0.328 e. The molecule has 0 radical (unpaired) electrons. The quantitative estimate of drug-likeness (QED) is 0.369. The van der Waals surface area contributed by atoms with E-state index in [1.165, 1.54) is 0 Å². The van der Waals surface area contributed by atoms with E-state index in [-0.39, 0.29) is 18.8 Å². The number of ether oxygens (including phenoxy) is 3. The van der Waals surface area contributed by atoms with Gasteiger partial charge in [-0.3, -0.25) is 20.2 Å². The monoisotopic (exact) mass is 460 g/mol. The van der Waals surface area contributed by atoms with Gasteiger partial charge < -0.3 is 14.2 Å². The lowest BCUT2D eigenvalue weighted by Gasteiger charge is -2.34. The molecular formula is C26H24N2O6. The SMILES string of the molecule is CCOCCC1(Oc2ccc(Oc3cccc(-c4ccccc4)c3)cc2)C(=O)NC(=O)NC1=O. The van der Waals surface area contributed by atoms with Crippen molar-refractivity contribution in [3.8, 4) is 28.4 Å². The molecule has 0 aliphatic carbocycles. The number of barbiturate groups is 1. The number of urea groups is 1. The highest BCUT2D eigenvalue weighted by atomic mass is 16.5. The molecule has 3 aromatic rings. The summed E-state index contributed by atoms with van der Waals surface area (Å²) >= 11 is 0. The molecule has 1 heterocycles. The van der Waals surface area contributed by atoms with Crippen molar-refractivity contribution in [3.05, 3.63) is 78.9 Å². The third kappa shape index (κ3) is 5.07. The second-order valence-corrected chi connectivity index (χ2v) is 7.58. The van der Waals surface area contributed by atoms with Crippen LogP contribution in [0.4, 0.5) is 4.79 Å². The largest absolute Gasteiger partial charge is 0.467 e. The van der Waals surface area contributed by atoms with E-state index in [4.69, 9.17) is 14.2 Å². The number of hydrogen-bond donors (Lipinski definition) is 2. The standard InChI is InChI=1S/C26H24N2O6/c1-2-32-16-15-26(23(29)27-25(31)28-24(26)30)34-21-13-11-20(12-14-21)33-22-10-6-9-19(17-22)18-7-4-3-5-8-18/h3-14,17H,2,15-16H2,1H3,(H2,27,28,29,30,31). The van der Waals surface area contributed by atoms with Crippen LogP contribution in [0.3, 0.4) is 0 Å². The average Bonchev–Trinajstić information content (AvgIpc) is 2.84. The van der Waals surface area contributed by atoms with Gasteiger partial charge in [0.05, 0.1) is 6.61 Å². The Balaban J connectivity index is 1.50. The highest BCUT2D eigenvalue weighted by Gasteiger charge is 2.52. The zero-order chi connectivity index (χ0) is 24.0. The van der Waals surface area contributed by atoms with Crippen LogP contribution in [-0.4, -0.2) is 36.7 Å². The second-order valence-electron chi connectivity index (χ2n) is 7.58. The highest BCUT2D eigenvalue weighted by Crippen LogP contribution is 2.30. The van der Waals surface area contributed by atoms with E-state index in [1.807, 2.05) is 54.6 Å². The molecule has 3 aromatic carbocycles. The van der Waals surface area contributed by atoms with E-state index in [9.17, 15) is 14.4 Å². The molecule has 4 rings (SSSR count). The lowest BCUT2D eigenvalue weighted by Crippen LogP contribution is -2.69. The molecule has 34 heavy (non-hydrogen) atoms. The minimum atomic E-state index is -1.92. The summed E-state index contributed by atoms with van der Waals surface area (Å²) in [5.74, 6) is -0.194. The molecule has 1 saturated heterocycles. The van der Waals surface area contributed by atoms with Crippen LogP contribution >= 0.6 is 0 Å². The Kier molecular flexibility index (Phi) is 6.89. The third-order valence-electron chi connectivity index (χ3n) is 5.28. The lowest BCUT2D eigenvalue weighted by molar-refractivity contribution is -0.153. The van der Waals surface area contributed by atoms with Crippen molar-refractivity contribution in [3.63, 3.8) is 0 Å². The van der Waals surface area contributed by atoms with Crippen LogP contribution in [0.5, 0.6) is 17.2 Å². The minimum absolute atomic E-state index is 0.0592. The van der Waals surface area contributed by atoms with Crippen LogP contribution in [0.25, 0.3) is 11.1 Å². The molecule has 0 aromatic heterocycles. The highest BCUT2D eigenvalue weighted by molar-refractivity contribution is 6.21. The number of rotatable bonds is 9. The van der Waals surface area contributed by atoms with Crippen LogP contribution in [0.15, 0.2) is 78.9 Å². The zero-order valence-corrected chi connectivity index (χ0v) is 18.6. The fourth-order valence-corrected chi connectivity index (χ4v) is 3.56. The van der Waals surface area contributed by atoms with E-state index in [2.05, 4.69) is 10.6 Å². The molecule has 1 aliphatic heterocycles. The van der Waals surface area contributed by atoms with Gasteiger partial charge in [-0.25, -0.2) is 4.79 Å². The Morgan fingerprint density at radius 2 is 1.38 bits per heavy atom. The molecule has 0 atom stereocenters. The number of nitrogens with one attached hydrogen (secondary N) is 2. The first kappa shape index (κ1) is 23.0. The van der Waals surface area contributed by atoms with Gasteiger partial charge in [-0.1, -0.05) is 42.5 Å². The van der Waals surface area contributed by atoms with Crippen molar-refractivity contribution in [1.82, 2.24) is 10.6 Å². The fourth-order valence-electron chi connectivity index (χ4n) is 3.56. The van der Waals surface area contributed by atoms with Crippen LogP contribution in [0, 0.1) is 0 Å². The van der Waals surface area contributed by atoms with Gasteiger partial charge in [-0.15, -0.1) is 0 Å². The molecule has 8 nitrogen and oxygen atoms in total. The number of hydrogen-bond acceptors (Lipinski definition) is 6. The van der Waals surface area contributed by atoms with Crippen molar-refractivity contribution in [2.24, 2.45) is 0 Å². The van der Waals surface area contributed by atoms with E-state index in [0.717, 1.165) is 11.1 Å². The number of imide groups is 2. The van der Waals surface area contributed by atoms with Gasteiger partial charge in [0.2, 0.25) is 0 Å². The number of carbonyl (C=O) groups excluding carboxylic acids is 3. The van der Waals surface area contributed by atoms with Crippen molar-refractivity contribution in [1.29, 1.82) is 0 Å². The summed E-state index contributed by atoms with van der Waals surface area (Å²) in [5.41, 5.74) is 0.185. The van der Waals surface area contributed by atoms with E-state index >= 15 is 0 Å². The van der Waals surface area contributed by atoms with Crippen molar-refractivity contribution in [2.45, 2.75) is 18.9 Å². The summed E-state index contributed by atoms with van der Waals surface area (Å²) in [6.07, 6.45) is -0.0592. The first-order chi connectivity index (χ1) is 16.5. The molecule has 4 amide bonds. The predicted molar refractivity (Wildman–Crippen MR) is 125 cm³/mol. The number of amides is 4. The Morgan fingerprint density at radius 1 is 0.735 bits per heavy atom. The lowest BCUT2D eigenvalue weighted by atomic mass is 9.95. The number of carbonyl (C=O) groups is 3. The molecular weight excluding hydrogens is 436 g/mol. The summed E-state index contributed by atoms with van der Waals surface area (Å²) in [5, 5.41) is 4.19. The van der Waals surface area contributed by atoms with Crippen LogP contribution in [-0.2, 0) is 14.3 Å². The predicted octanol–water partition coefficient (Wildman–Crippen LogP) is 4.06.